The maximum atomic E-state index is 12.3. The largest absolute Gasteiger partial charge is 0.463 e. The highest BCUT2D eigenvalue weighted by Crippen LogP contribution is 2.23. The number of esters is 1. The molecule has 0 unspecified atom stereocenters. The van der Waals surface area contributed by atoms with E-state index in [-0.39, 0.29) is 35.4 Å². The SMILES string of the molecule is CCc1oc(C(=O)OC)cc1S(=O)(=O)NC(C)(C)CN.Cl. The van der Waals surface area contributed by atoms with E-state index in [1.165, 1.54) is 13.2 Å². The molecule has 0 amide bonds. The van der Waals surface area contributed by atoms with Gasteiger partial charge in [-0.25, -0.2) is 17.9 Å². The molecule has 9 heteroatoms. The zero-order valence-corrected chi connectivity index (χ0v) is 14.1. The van der Waals surface area contributed by atoms with Crippen LogP contribution in [0.1, 0.15) is 37.1 Å². The molecule has 1 heterocycles. The molecule has 7 nitrogen and oxygen atoms in total. The molecule has 122 valence electrons. The van der Waals surface area contributed by atoms with Crippen LogP contribution in [0.2, 0.25) is 0 Å². The lowest BCUT2D eigenvalue weighted by atomic mass is 10.1. The molecule has 0 saturated carbocycles. The Labute approximate surface area is 130 Å². The highest BCUT2D eigenvalue weighted by atomic mass is 35.5. The van der Waals surface area contributed by atoms with Gasteiger partial charge in [0.15, 0.2) is 0 Å². The van der Waals surface area contributed by atoms with Crippen LogP contribution in [0.3, 0.4) is 0 Å². The van der Waals surface area contributed by atoms with Crippen molar-refractivity contribution in [2.45, 2.75) is 37.6 Å². The predicted molar refractivity (Wildman–Crippen MR) is 80.1 cm³/mol. The van der Waals surface area contributed by atoms with Crippen LogP contribution in [0.4, 0.5) is 0 Å². The summed E-state index contributed by atoms with van der Waals surface area (Å²) in [5.74, 6) is -0.666. The van der Waals surface area contributed by atoms with E-state index in [9.17, 15) is 13.2 Å². The third kappa shape index (κ3) is 4.70. The van der Waals surface area contributed by atoms with Gasteiger partial charge in [0.1, 0.15) is 10.7 Å². The van der Waals surface area contributed by atoms with E-state index in [0.29, 0.717) is 6.42 Å². The van der Waals surface area contributed by atoms with Crippen molar-refractivity contribution >= 4 is 28.4 Å². The third-order valence-electron chi connectivity index (χ3n) is 2.69. The Kier molecular flexibility index (Phi) is 6.88. The van der Waals surface area contributed by atoms with Gasteiger partial charge in [-0.1, -0.05) is 6.92 Å². The average Bonchev–Trinajstić information content (AvgIpc) is 2.81. The Hall–Kier alpha value is -1.09. The Balaban J connectivity index is 0.00000400. The van der Waals surface area contributed by atoms with Crippen LogP contribution in [0.15, 0.2) is 15.4 Å². The van der Waals surface area contributed by atoms with Crippen molar-refractivity contribution in [2.24, 2.45) is 5.73 Å². The molecule has 1 aromatic rings. The molecule has 1 aromatic heterocycles. The lowest BCUT2D eigenvalue weighted by molar-refractivity contribution is 0.0563. The lowest BCUT2D eigenvalue weighted by Gasteiger charge is -2.23. The Morgan fingerprint density at radius 3 is 2.48 bits per heavy atom. The van der Waals surface area contributed by atoms with Gasteiger partial charge in [-0.15, -0.1) is 12.4 Å². The first-order valence-corrected chi connectivity index (χ1v) is 7.60. The lowest BCUT2D eigenvalue weighted by Crippen LogP contribution is -2.48. The van der Waals surface area contributed by atoms with Gasteiger partial charge in [0.25, 0.3) is 0 Å². The maximum absolute atomic E-state index is 12.3. The zero-order valence-electron chi connectivity index (χ0n) is 12.4. The molecule has 0 aliphatic heterocycles. The molecule has 0 aromatic carbocycles. The van der Waals surface area contributed by atoms with Crippen LogP contribution in [0.25, 0.3) is 0 Å². The highest BCUT2D eigenvalue weighted by Gasteiger charge is 2.30. The minimum atomic E-state index is -3.83. The van der Waals surface area contributed by atoms with Gasteiger partial charge >= 0.3 is 5.97 Å². The van der Waals surface area contributed by atoms with Crippen molar-refractivity contribution in [2.75, 3.05) is 13.7 Å². The smallest absolute Gasteiger partial charge is 0.373 e. The quantitative estimate of drug-likeness (QED) is 0.749. The van der Waals surface area contributed by atoms with Gasteiger partial charge in [-0.05, 0) is 13.8 Å². The molecular formula is C12H21ClN2O5S. The van der Waals surface area contributed by atoms with Crippen molar-refractivity contribution in [3.8, 4) is 0 Å². The van der Waals surface area contributed by atoms with E-state index in [1.54, 1.807) is 20.8 Å². The molecule has 0 saturated heterocycles. The fraction of sp³-hybridized carbons (Fsp3) is 0.583. The molecule has 0 spiro atoms. The standard InChI is InChI=1S/C12H20N2O5S.ClH/c1-5-8-10(6-9(19-8)11(15)18-4)20(16,17)14-12(2,3)7-13;/h6,14H,5,7,13H2,1-4H3;1H. The maximum Gasteiger partial charge on any atom is 0.373 e. The number of rotatable bonds is 6. The summed E-state index contributed by atoms with van der Waals surface area (Å²) in [5.41, 5.74) is 4.71. The first-order chi connectivity index (χ1) is 9.16. The summed E-state index contributed by atoms with van der Waals surface area (Å²) in [5, 5.41) is 0. The number of nitrogens with two attached hydrogens (primary N) is 1. The van der Waals surface area contributed by atoms with E-state index in [4.69, 9.17) is 10.2 Å². The van der Waals surface area contributed by atoms with E-state index in [0.717, 1.165) is 0 Å². The van der Waals surface area contributed by atoms with E-state index in [2.05, 4.69) is 9.46 Å². The normalized spacial score (nSPS) is 11.9. The summed E-state index contributed by atoms with van der Waals surface area (Å²) in [7, 11) is -2.63. The number of hydrogen-bond donors (Lipinski definition) is 2. The second-order valence-electron chi connectivity index (χ2n) is 4.94. The van der Waals surface area contributed by atoms with Gasteiger partial charge in [-0.3, -0.25) is 0 Å². The van der Waals surface area contributed by atoms with Crippen molar-refractivity contribution in [1.82, 2.24) is 4.72 Å². The fourth-order valence-corrected chi connectivity index (χ4v) is 3.22. The van der Waals surface area contributed by atoms with Gasteiger partial charge in [0, 0.05) is 24.6 Å². The third-order valence-corrected chi connectivity index (χ3v) is 4.43. The number of halogens is 1. The summed E-state index contributed by atoms with van der Waals surface area (Å²) in [6, 6.07) is 1.17. The number of nitrogens with one attached hydrogen (secondary N) is 1. The molecule has 0 aliphatic rings. The molecule has 0 bridgehead atoms. The Bertz CT molecular complexity index is 595. The van der Waals surface area contributed by atoms with E-state index in [1.807, 2.05) is 0 Å². The summed E-state index contributed by atoms with van der Waals surface area (Å²) >= 11 is 0. The van der Waals surface area contributed by atoms with Crippen LogP contribution in [0, 0.1) is 0 Å². The van der Waals surface area contributed by atoms with Crippen LogP contribution < -0.4 is 10.5 Å². The van der Waals surface area contributed by atoms with Crippen LogP contribution in [0.5, 0.6) is 0 Å². The predicted octanol–water partition coefficient (Wildman–Crippen LogP) is 1.07. The number of sulfonamides is 1. The summed E-state index contributed by atoms with van der Waals surface area (Å²) in [6.07, 6.45) is 0.330. The molecule has 1 rings (SSSR count). The van der Waals surface area contributed by atoms with Gasteiger partial charge in [0.2, 0.25) is 15.8 Å². The Morgan fingerprint density at radius 2 is 2.05 bits per heavy atom. The monoisotopic (exact) mass is 340 g/mol. The average molecular weight is 341 g/mol. The number of furan rings is 1. The molecule has 21 heavy (non-hydrogen) atoms. The molecule has 0 atom stereocenters. The van der Waals surface area contributed by atoms with E-state index < -0.39 is 21.5 Å². The van der Waals surface area contributed by atoms with Gasteiger partial charge in [0.05, 0.1) is 7.11 Å². The minimum absolute atomic E-state index is 0. The van der Waals surface area contributed by atoms with Crippen molar-refractivity contribution < 1.29 is 22.4 Å². The topological polar surface area (TPSA) is 112 Å². The van der Waals surface area contributed by atoms with Gasteiger partial charge in [-0.2, -0.15) is 0 Å². The summed E-state index contributed by atoms with van der Waals surface area (Å²) < 4.78 is 36.9. The number of carbonyl (C=O) groups excluding carboxylic acids is 1. The summed E-state index contributed by atoms with van der Waals surface area (Å²) in [4.78, 5) is 11.3. The molecule has 3 N–H and O–H groups in total. The van der Waals surface area contributed by atoms with Crippen LogP contribution in [-0.4, -0.2) is 33.6 Å². The van der Waals surface area contributed by atoms with Crippen molar-refractivity contribution in [3.05, 3.63) is 17.6 Å². The molecular weight excluding hydrogens is 320 g/mol. The molecule has 0 aliphatic carbocycles. The summed E-state index contributed by atoms with van der Waals surface area (Å²) in [6.45, 7) is 5.19. The van der Waals surface area contributed by atoms with Crippen LogP contribution >= 0.6 is 12.4 Å². The fourth-order valence-electron chi connectivity index (χ4n) is 1.55. The number of methoxy groups -OCH3 is 1. The number of aryl methyl sites for hydroxylation is 1. The number of hydrogen-bond acceptors (Lipinski definition) is 6. The second kappa shape index (κ2) is 7.26. The zero-order chi connectivity index (χ0) is 15.6. The first kappa shape index (κ1) is 19.9. The highest BCUT2D eigenvalue weighted by molar-refractivity contribution is 7.89. The second-order valence-corrected chi connectivity index (χ2v) is 6.59. The number of carbonyl (C=O) groups is 1. The van der Waals surface area contributed by atoms with Crippen molar-refractivity contribution in [3.63, 3.8) is 0 Å². The van der Waals surface area contributed by atoms with E-state index >= 15 is 0 Å². The Morgan fingerprint density at radius 1 is 1.48 bits per heavy atom. The molecule has 0 fully saturated rings. The van der Waals surface area contributed by atoms with Crippen LogP contribution in [-0.2, 0) is 21.2 Å². The van der Waals surface area contributed by atoms with Crippen molar-refractivity contribution in [1.29, 1.82) is 0 Å². The first-order valence-electron chi connectivity index (χ1n) is 6.12. The number of ether oxygens (including phenoxy) is 1. The van der Waals surface area contributed by atoms with Gasteiger partial charge < -0.3 is 14.9 Å². The molecule has 0 radical (unpaired) electrons. The minimum Gasteiger partial charge on any atom is -0.463 e.